The van der Waals surface area contributed by atoms with Crippen molar-refractivity contribution in [3.8, 4) is 0 Å². The quantitative estimate of drug-likeness (QED) is 0.198. The molecular weight excluding hydrogens is 364 g/mol. The van der Waals surface area contributed by atoms with E-state index >= 15 is 0 Å². The first-order valence-corrected chi connectivity index (χ1v) is 9.81. The summed E-state index contributed by atoms with van der Waals surface area (Å²) in [4.78, 5) is 47.8. The molecule has 1 rings (SSSR count). The molecule has 1 N–H and O–H groups in total. The molecule has 7 nitrogen and oxygen atoms in total. The van der Waals surface area contributed by atoms with Gasteiger partial charge in [0.1, 0.15) is 17.1 Å². The van der Waals surface area contributed by atoms with Gasteiger partial charge in [-0.3, -0.25) is 14.4 Å². The Labute approximate surface area is 166 Å². The molecule has 1 aliphatic rings. The van der Waals surface area contributed by atoms with Gasteiger partial charge >= 0.3 is 11.9 Å². The highest BCUT2D eigenvalue weighted by Gasteiger charge is 2.28. The molecule has 1 fully saturated rings. The number of carbonyl (C=O) groups is 4. The molecule has 0 bridgehead atoms. The van der Waals surface area contributed by atoms with Gasteiger partial charge in [-0.1, -0.05) is 20.3 Å². The zero-order valence-corrected chi connectivity index (χ0v) is 17.3. The summed E-state index contributed by atoms with van der Waals surface area (Å²) in [5.41, 5.74) is -0.501. The number of aliphatic hydroxyl groups is 1. The number of esters is 2. The second-order valence-corrected chi connectivity index (χ2v) is 7.71. The third-order valence-corrected chi connectivity index (χ3v) is 5.48. The van der Waals surface area contributed by atoms with Crippen molar-refractivity contribution in [2.24, 2.45) is 17.8 Å². The van der Waals surface area contributed by atoms with Crippen molar-refractivity contribution in [3.05, 3.63) is 11.3 Å². The molecule has 3 unspecified atom stereocenters. The van der Waals surface area contributed by atoms with Gasteiger partial charge in [-0.05, 0) is 30.6 Å². The fourth-order valence-corrected chi connectivity index (χ4v) is 3.75. The Bertz CT molecular complexity index is 620. The molecule has 0 spiro atoms. The highest BCUT2D eigenvalue weighted by Crippen LogP contribution is 2.35. The number of hydrogen-bond donors (Lipinski definition) is 1. The average Bonchev–Trinajstić information content (AvgIpc) is 2.66. The first kappa shape index (κ1) is 23.9. The maximum Gasteiger partial charge on any atom is 0.344 e. The van der Waals surface area contributed by atoms with Gasteiger partial charge in [-0.15, -0.1) is 0 Å². The van der Waals surface area contributed by atoms with Crippen molar-refractivity contribution in [2.75, 3.05) is 14.2 Å². The number of ketones is 2. The number of carbonyl (C=O) groups excluding carboxylic acids is 4. The molecule has 158 valence electrons. The first-order chi connectivity index (χ1) is 13.2. The zero-order valence-electron chi connectivity index (χ0n) is 17.3. The van der Waals surface area contributed by atoms with Gasteiger partial charge in [0.05, 0.1) is 20.6 Å². The minimum absolute atomic E-state index is 0.0157. The third-order valence-electron chi connectivity index (χ3n) is 5.48. The molecule has 7 heteroatoms. The van der Waals surface area contributed by atoms with Crippen molar-refractivity contribution in [1.82, 2.24) is 0 Å². The van der Waals surface area contributed by atoms with Crippen LogP contribution in [0.2, 0.25) is 0 Å². The first-order valence-electron chi connectivity index (χ1n) is 9.81. The van der Waals surface area contributed by atoms with Crippen molar-refractivity contribution >= 4 is 23.5 Å². The Morgan fingerprint density at radius 1 is 0.929 bits per heavy atom. The lowest BCUT2D eigenvalue weighted by Gasteiger charge is -2.32. The van der Waals surface area contributed by atoms with Gasteiger partial charge in [0.2, 0.25) is 0 Å². The summed E-state index contributed by atoms with van der Waals surface area (Å²) in [7, 11) is 2.30. The summed E-state index contributed by atoms with van der Waals surface area (Å²) in [5, 5.41) is 10.1. The highest BCUT2D eigenvalue weighted by atomic mass is 16.5. The maximum atomic E-state index is 12.4. The molecule has 0 aromatic heterocycles. The van der Waals surface area contributed by atoms with Crippen LogP contribution >= 0.6 is 0 Å². The molecule has 0 aliphatic heterocycles. The van der Waals surface area contributed by atoms with E-state index in [1.807, 2.05) is 0 Å². The summed E-state index contributed by atoms with van der Waals surface area (Å²) < 4.78 is 9.04. The predicted octanol–water partition coefficient (Wildman–Crippen LogP) is 3.31. The molecule has 28 heavy (non-hydrogen) atoms. The van der Waals surface area contributed by atoms with E-state index in [4.69, 9.17) is 0 Å². The SMILES string of the molecule is COC(=O)CC/C(O)=C(/C(=O)CCC(=O)CC1CCC(C)CC1C)C(=O)OC. The van der Waals surface area contributed by atoms with Crippen molar-refractivity contribution in [2.45, 2.75) is 65.2 Å². The minimum Gasteiger partial charge on any atom is -0.511 e. The van der Waals surface area contributed by atoms with E-state index in [0.717, 1.165) is 26.4 Å². The van der Waals surface area contributed by atoms with E-state index in [0.29, 0.717) is 24.2 Å². The van der Waals surface area contributed by atoms with E-state index < -0.39 is 29.1 Å². The summed E-state index contributed by atoms with van der Waals surface area (Å²) in [5.74, 6) is -1.25. The molecular formula is C21H32O7. The van der Waals surface area contributed by atoms with Gasteiger partial charge in [0, 0.05) is 25.7 Å². The van der Waals surface area contributed by atoms with E-state index in [9.17, 15) is 24.3 Å². The van der Waals surface area contributed by atoms with Crippen LogP contribution in [-0.4, -0.2) is 42.8 Å². The fraction of sp³-hybridized carbons (Fsp3) is 0.714. The fourth-order valence-electron chi connectivity index (χ4n) is 3.75. The molecule has 0 aromatic rings. The van der Waals surface area contributed by atoms with Crippen LogP contribution in [0.25, 0.3) is 0 Å². The molecule has 3 atom stereocenters. The van der Waals surface area contributed by atoms with Crippen molar-refractivity contribution in [1.29, 1.82) is 0 Å². The lowest BCUT2D eigenvalue weighted by Crippen LogP contribution is -2.24. The monoisotopic (exact) mass is 396 g/mol. The normalized spacial score (nSPS) is 22.8. The summed E-state index contributed by atoms with van der Waals surface area (Å²) in [6, 6.07) is 0. The predicted molar refractivity (Wildman–Crippen MR) is 102 cm³/mol. The Morgan fingerprint density at radius 2 is 1.61 bits per heavy atom. The maximum absolute atomic E-state index is 12.4. The standard InChI is InChI=1S/C21H32O7/c1-13-5-6-15(14(2)11-13)12-16(22)7-8-17(23)20(21(26)28-4)18(24)9-10-19(25)27-3/h13-15,24H,5-12H2,1-4H3/b20-18+. The van der Waals surface area contributed by atoms with E-state index in [-0.39, 0.29) is 31.5 Å². The molecule has 0 saturated heterocycles. The van der Waals surface area contributed by atoms with Crippen molar-refractivity contribution in [3.63, 3.8) is 0 Å². The number of Topliss-reactive ketones (excluding diaryl/α,β-unsaturated/α-hetero) is 2. The van der Waals surface area contributed by atoms with Gasteiger partial charge in [0.25, 0.3) is 0 Å². The van der Waals surface area contributed by atoms with Gasteiger partial charge in [-0.25, -0.2) is 4.79 Å². The van der Waals surface area contributed by atoms with Crippen LogP contribution in [-0.2, 0) is 28.7 Å². The number of rotatable bonds is 10. The molecule has 0 heterocycles. The van der Waals surface area contributed by atoms with Crippen LogP contribution in [0, 0.1) is 17.8 Å². The lowest BCUT2D eigenvalue weighted by molar-refractivity contribution is -0.141. The zero-order chi connectivity index (χ0) is 21.3. The topological polar surface area (TPSA) is 107 Å². The van der Waals surface area contributed by atoms with Crippen LogP contribution in [0.4, 0.5) is 0 Å². The van der Waals surface area contributed by atoms with Gasteiger partial charge in [-0.2, -0.15) is 0 Å². The highest BCUT2D eigenvalue weighted by molar-refractivity contribution is 6.18. The number of hydrogen-bond acceptors (Lipinski definition) is 7. The summed E-state index contributed by atoms with van der Waals surface area (Å²) >= 11 is 0. The summed E-state index contributed by atoms with van der Waals surface area (Å²) in [6.07, 6.45) is 3.13. The number of allylic oxidation sites excluding steroid dienone is 1. The Hall–Kier alpha value is -2.18. The number of aliphatic hydroxyl groups excluding tert-OH is 1. The second kappa shape index (κ2) is 11.6. The number of ether oxygens (including phenoxy) is 2. The Kier molecular flexibility index (Phi) is 9.90. The lowest BCUT2D eigenvalue weighted by atomic mass is 9.73. The smallest absolute Gasteiger partial charge is 0.344 e. The summed E-state index contributed by atoms with van der Waals surface area (Å²) in [6.45, 7) is 4.39. The molecule has 0 radical (unpaired) electrons. The molecule has 1 saturated carbocycles. The molecule has 0 aromatic carbocycles. The van der Waals surface area contributed by atoms with Crippen LogP contribution in [0.3, 0.4) is 0 Å². The molecule has 1 aliphatic carbocycles. The van der Waals surface area contributed by atoms with Crippen LogP contribution < -0.4 is 0 Å². The van der Waals surface area contributed by atoms with Crippen LogP contribution in [0.5, 0.6) is 0 Å². The second-order valence-electron chi connectivity index (χ2n) is 7.71. The average molecular weight is 396 g/mol. The Morgan fingerprint density at radius 3 is 2.18 bits per heavy atom. The van der Waals surface area contributed by atoms with Gasteiger partial charge in [0.15, 0.2) is 5.78 Å². The van der Waals surface area contributed by atoms with Crippen LogP contribution in [0.1, 0.15) is 65.2 Å². The third kappa shape index (κ3) is 7.44. The Balaban J connectivity index is 2.66. The van der Waals surface area contributed by atoms with Crippen LogP contribution in [0.15, 0.2) is 11.3 Å². The minimum atomic E-state index is -0.977. The largest absolute Gasteiger partial charge is 0.511 e. The van der Waals surface area contributed by atoms with Gasteiger partial charge < -0.3 is 14.6 Å². The molecule has 0 amide bonds. The van der Waals surface area contributed by atoms with Crippen molar-refractivity contribution < 1.29 is 33.8 Å². The number of methoxy groups -OCH3 is 2. The van der Waals surface area contributed by atoms with E-state index in [2.05, 4.69) is 23.3 Å². The van der Waals surface area contributed by atoms with E-state index in [1.165, 1.54) is 7.11 Å². The van der Waals surface area contributed by atoms with E-state index in [1.54, 1.807) is 0 Å².